The van der Waals surface area contributed by atoms with Crippen LogP contribution in [0.1, 0.15) is 43.7 Å². The number of carbonyl (C=O) groups is 1. The second-order valence-corrected chi connectivity index (χ2v) is 8.45. The fourth-order valence-corrected chi connectivity index (χ4v) is 3.24. The summed E-state index contributed by atoms with van der Waals surface area (Å²) in [5.74, 6) is -1.78. The fourth-order valence-electron chi connectivity index (χ4n) is 2.70. The van der Waals surface area contributed by atoms with Crippen molar-refractivity contribution in [2.45, 2.75) is 32.6 Å². The third-order valence-electron chi connectivity index (χ3n) is 4.19. The molecule has 0 bridgehead atoms. The highest BCUT2D eigenvalue weighted by atomic mass is 32.2. The number of hydrogen-bond donors (Lipinski definition) is 2. The highest BCUT2D eigenvalue weighted by molar-refractivity contribution is 7.89. The third kappa shape index (κ3) is 4.60. The summed E-state index contributed by atoms with van der Waals surface area (Å²) in [4.78, 5) is 12.0. The van der Waals surface area contributed by atoms with Crippen LogP contribution in [0.4, 0.5) is 10.1 Å². The van der Waals surface area contributed by atoms with Gasteiger partial charge in [-0.3, -0.25) is 9.52 Å². The number of nitrogen functional groups attached to an aromatic ring is 1. The summed E-state index contributed by atoms with van der Waals surface area (Å²) in [5, 5.41) is 0. The topological polar surface area (TPSA) is 89.3 Å². The molecule has 2 aromatic rings. The molecule has 1 amide bonds. The standard InChI is InChI=1S/C19H23FN2O3S/c1-11(2)16-9-14(6-8-18(16)21)15-7-5-13(10-17(15)20)12(3)19(23)22-26(4,24)25/h5-12H,21H2,1-4H3,(H,22,23). The van der Waals surface area contributed by atoms with Gasteiger partial charge in [-0.25, -0.2) is 12.8 Å². The van der Waals surface area contributed by atoms with E-state index in [-0.39, 0.29) is 5.92 Å². The average Bonchev–Trinajstić information content (AvgIpc) is 2.53. The molecule has 2 rings (SSSR count). The summed E-state index contributed by atoms with van der Waals surface area (Å²) in [5.41, 5.74) is 9.05. The number of anilines is 1. The Kier molecular flexibility index (Phi) is 5.71. The first-order chi connectivity index (χ1) is 12.0. The molecule has 1 atom stereocenters. The summed E-state index contributed by atoms with van der Waals surface area (Å²) in [6.45, 7) is 5.54. The number of hydrogen-bond acceptors (Lipinski definition) is 4. The Morgan fingerprint density at radius 3 is 2.31 bits per heavy atom. The van der Waals surface area contributed by atoms with Crippen LogP contribution in [0.25, 0.3) is 11.1 Å². The molecule has 0 heterocycles. The van der Waals surface area contributed by atoms with Crippen molar-refractivity contribution in [3.05, 3.63) is 53.3 Å². The number of halogens is 1. The molecule has 0 aliphatic carbocycles. The maximum absolute atomic E-state index is 14.6. The van der Waals surface area contributed by atoms with Crippen LogP contribution in [0.2, 0.25) is 0 Å². The molecule has 2 aromatic carbocycles. The summed E-state index contributed by atoms with van der Waals surface area (Å²) < 4.78 is 38.9. The van der Waals surface area contributed by atoms with E-state index in [0.29, 0.717) is 22.4 Å². The van der Waals surface area contributed by atoms with Crippen molar-refractivity contribution in [2.24, 2.45) is 0 Å². The van der Waals surface area contributed by atoms with Crippen LogP contribution in [0.5, 0.6) is 0 Å². The highest BCUT2D eigenvalue weighted by Gasteiger charge is 2.20. The average molecular weight is 378 g/mol. The Bertz CT molecular complexity index is 940. The van der Waals surface area contributed by atoms with E-state index in [1.165, 1.54) is 13.0 Å². The molecular formula is C19H23FN2O3S. The van der Waals surface area contributed by atoms with E-state index in [0.717, 1.165) is 11.8 Å². The lowest BCUT2D eigenvalue weighted by Gasteiger charge is -2.15. The van der Waals surface area contributed by atoms with Gasteiger partial charge in [0, 0.05) is 11.3 Å². The number of amides is 1. The smallest absolute Gasteiger partial charge is 0.240 e. The molecular weight excluding hydrogens is 355 g/mol. The van der Waals surface area contributed by atoms with E-state index in [1.54, 1.807) is 24.3 Å². The van der Waals surface area contributed by atoms with Crippen LogP contribution < -0.4 is 10.5 Å². The van der Waals surface area contributed by atoms with Crippen LogP contribution in [-0.4, -0.2) is 20.6 Å². The van der Waals surface area contributed by atoms with Gasteiger partial charge in [0.15, 0.2) is 0 Å². The molecule has 0 aliphatic heterocycles. The summed E-state index contributed by atoms with van der Waals surface area (Å²) >= 11 is 0. The molecule has 26 heavy (non-hydrogen) atoms. The molecule has 140 valence electrons. The number of carbonyl (C=O) groups excluding carboxylic acids is 1. The second kappa shape index (κ2) is 7.45. The normalized spacial score (nSPS) is 12.8. The molecule has 0 spiro atoms. The Hall–Kier alpha value is -2.41. The van der Waals surface area contributed by atoms with Crippen molar-refractivity contribution in [1.29, 1.82) is 0 Å². The van der Waals surface area contributed by atoms with Crippen molar-refractivity contribution in [3.8, 4) is 11.1 Å². The van der Waals surface area contributed by atoms with E-state index in [9.17, 15) is 17.6 Å². The molecule has 0 aliphatic rings. The predicted octanol–water partition coefficient (Wildman–Crippen LogP) is 3.38. The van der Waals surface area contributed by atoms with Crippen molar-refractivity contribution in [2.75, 3.05) is 12.0 Å². The van der Waals surface area contributed by atoms with Crippen LogP contribution in [0.15, 0.2) is 36.4 Å². The minimum Gasteiger partial charge on any atom is -0.398 e. The quantitative estimate of drug-likeness (QED) is 0.781. The lowest BCUT2D eigenvalue weighted by atomic mass is 9.93. The van der Waals surface area contributed by atoms with Gasteiger partial charge in [0.1, 0.15) is 5.82 Å². The lowest BCUT2D eigenvalue weighted by molar-refractivity contribution is -0.120. The molecule has 0 aromatic heterocycles. The van der Waals surface area contributed by atoms with Crippen LogP contribution in [0, 0.1) is 5.82 Å². The predicted molar refractivity (Wildman–Crippen MR) is 102 cm³/mol. The third-order valence-corrected chi connectivity index (χ3v) is 4.76. The monoisotopic (exact) mass is 378 g/mol. The van der Waals surface area contributed by atoms with Gasteiger partial charge in [-0.2, -0.15) is 0 Å². The first kappa shape index (κ1) is 19.9. The van der Waals surface area contributed by atoms with Gasteiger partial charge in [0.2, 0.25) is 15.9 Å². The molecule has 5 nitrogen and oxygen atoms in total. The van der Waals surface area contributed by atoms with Crippen LogP contribution >= 0.6 is 0 Å². The summed E-state index contributed by atoms with van der Waals surface area (Å²) in [6.07, 6.45) is 0.898. The molecule has 1 unspecified atom stereocenters. The van der Waals surface area contributed by atoms with Crippen molar-refractivity contribution < 1.29 is 17.6 Å². The van der Waals surface area contributed by atoms with E-state index in [1.807, 2.05) is 24.6 Å². The molecule has 3 N–H and O–H groups in total. The van der Waals surface area contributed by atoms with E-state index in [4.69, 9.17) is 5.73 Å². The molecule has 0 saturated heterocycles. The summed E-state index contributed by atoms with van der Waals surface area (Å²) in [7, 11) is -3.66. The van der Waals surface area contributed by atoms with Gasteiger partial charge >= 0.3 is 0 Å². The van der Waals surface area contributed by atoms with Crippen molar-refractivity contribution in [3.63, 3.8) is 0 Å². The maximum atomic E-state index is 14.6. The van der Waals surface area contributed by atoms with Gasteiger partial charge in [-0.1, -0.05) is 32.0 Å². The maximum Gasteiger partial charge on any atom is 0.240 e. The first-order valence-electron chi connectivity index (χ1n) is 8.20. The Morgan fingerprint density at radius 2 is 1.77 bits per heavy atom. The number of sulfonamides is 1. The van der Waals surface area contributed by atoms with Gasteiger partial charge in [-0.15, -0.1) is 0 Å². The molecule has 0 fully saturated rings. The number of nitrogens with two attached hydrogens (primary N) is 1. The zero-order chi connectivity index (χ0) is 19.6. The zero-order valence-electron chi connectivity index (χ0n) is 15.2. The van der Waals surface area contributed by atoms with Gasteiger partial charge in [0.05, 0.1) is 12.2 Å². The lowest BCUT2D eigenvalue weighted by Crippen LogP contribution is -2.32. The first-order valence-corrected chi connectivity index (χ1v) is 10.1. The van der Waals surface area contributed by atoms with Gasteiger partial charge in [0.25, 0.3) is 0 Å². The molecule has 0 saturated carbocycles. The number of benzene rings is 2. The minimum atomic E-state index is -3.66. The van der Waals surface area contributed by atoms with E-state index in [2.05, 4.69) is 0 Å². The molecule has 7 heteroatoms. The van der Waals surface area contributed by atoms with E-state index >= 15 is 0 Å². The van der Waals surface area contributed by atoms with Crippen LogP contribution in [0.3, 0.4) is 0 Å². The summed E-state index contributed by atoms with van der Waals surface area (Å²) in [6, 6.07) is 9.82. The largest absolute Gasteiger partial charge is 0.398 e. The Balaban J connectivity index is 2.36. The van der Waals surface area contributed by atoms with Gasteiger partial charge in [-0.05, 0) is 47.7 Å². The van der Waals surface area contributed by atoms with Crippen molar-refractivity contribution >= 4 is 21.6 Å². The zero-order valence-corrected chi connectivity index (χ0v) is 16.0. The van der Waals surface area contributed by atoms with E-state index < -0.39 is 27.7 Å². The molecule has 0 radical (unpaired) electrons. The highest BCUT2D eigenvalue weighted by Crippen LogP contribution is 2.31. The van der Waals surface area contributed by atoms with Crippen LogP contribution in [-0.2, 0) is 14.8 Å². The van der Waals surface area contributed by atoms with Crippen molar-refractivity contribution in [1.82, 2.24) is 4.72 Å². The number of nitrogens with one attached hydrogen (secondary N) is 1. The Labute approximate surface area is 153 Å². The number of rotatable bonds is 5. The fraction of sp³-hybridized carbons (Fsp3) is 0.316. The Morgan fingerprint density at radius 1 is 1.12 bits per heavy atom. The minimum absolute atomic E-state index is 0.206. The SMILES string of the molecule is CC(C)c1cc(-c2ccc(C(C)C(=O)NS(C)(=O)=O)cc2F)ccc1N. The second-order valence-electron chi connectivity index (χ2n) is 6.70. The van der Waals surface area contributed by atoms with Gasteiger partial charge < -0.3 is 5.73 Å².